The van der Waals surface area contributed by atoms with Crippen LogP contribution in [-0.4, -0.2) is 20.2 Å². The Morgan fingerprint density at radius 1 is 0.906 bits per heavy atom. The molecule has 4 rings (SSSR count). The number of hydrazine groups is 1. The predicted octanol–water partition coefficient (Wildman–Crippen LogP) is 3.73. The Morgan fingerprint density at radius 3 is 2.34 bits per heavy atom. The smallest absolute Gasteiger partial charge is 0.279 e. The standard InChI is InChI=1S/C23H23N3O4S2/c1-14-6-7-15(2)21(12-14)32(29,30)26-18-10-8-16(9-11-18)22(27)24-25-23(28)20-13-17-4-3-5-19(17)31-20/h6-13,26H,3-5H2,1-2H3,(H,24,27)(H,25,28). The highest BCUT2D eigenvalue weighted by Gasteiger charge is 2.20. The number of hydrogen-bond acceptors (Lipinski definition) is 5. The van der Waals surface area contributed by atoms with Gasteiger partial charge in [0.25, 0.3) is 21.8 Å². The molecule has 0 spiro atoms. The van der Waals surface area contributed by atoms with E-state index in [9.17, 15) is 18.0 Å². The lowest BCUT2D eigenvalue weighted by Crippen LogP contribution is -2.41. The summed E-state index contributed by atoms with van der Waals surface area (Å²) >= 11 is 1.46. The second-order valence-electron chi connectivity index (χ2n) is 7.77. The van der Waals surface area contributed by atoms with Crippen molar-refractivity contribution < 1.29 is 18.0 Å². The molecule has 32 heavy (non-hydrogen) atoms. The van der Waals surface area contributed by atoms with Gasteiger partial charge in [-0.15, -0.1) is 11.3 Å². The molecule has 0 atom stereocenters. The summed E-state index contributed by atoms with van der Waals surface area (Å²) in [6, 6.07) is 13.1. The predicted molar refractivity (Wildman–Crippen MR) is 124 cm³/mol. The van der Waals surface area contributed by atoms with Crippen LogP contribution in [0.3, 0.4) is 0 Å². The molecule has 9 heteroatoms. The third-order valence-electron chi connectivity index (χ3n) is 5.29. The zero-order chi connectivity index (χ0) is 22.9. The van der Waals surface area contributed by atoms with Gasteiger partial charge in [-0.3, -0.25) is 25.2 Å². The second kappa shape index (κ2) is 8.76. The zero-order valence-corrected chi connectivity index (χ0v) is 19.3. The molecule has 2 amide bonds. The number of aryl methyl sites for hydroxylation is 4. The first kappa shape index (κ1) is 22.0. The van der Waals surface area contributed by atoms with Crippen molar-refractivity contribution in [1.82, 2.24) is 10.9 Å². The van der Waals surface area contributed by atoms with Crippen LogP contribution in [0.2, 0.25) is 0 Å². The van der Waals surface area contributed by atoms with Gasteiger partial charge in [-0.05, 0) is 86.2 Å². The summed E-state index contributed by atoms with van der Waals surface area (Å²) in [4.78, 5) is 26.7. The monoisotopic (exact) mass is 469 g/mol. The number of sulfonamides is 1. The van der Waals surface area contributed by atoms with Crippen LogP contribution in [0.25, 0.3) is 0 Å². The SMILES string of the molecule is Cc1ccc(C)c(S(=O)(=O)Nc2ccc(C(=O)NNC(=O)c3cc4c(s3)CCC4)cc2)c1. The summed E-state index contributed by atoms with van der Waals surface area (Å²) in [5, 5.41) is 0. The summed E-state index contributed by atoms with van der Waals surface area (Å²) in [5.74, 6) is -0.845. The summed E-state index contributed by atoms with van der Waals surface area (Å²) in [5.41, 5.74) is 8.15. The van der Waals surface area contributed by atoms with Crippen LogP contribution >= 0.6 is 11.3 Å². The van der Waals surface area contributed by atoms with Gasteiger partial charge in [0.1, 0.15) is 0 Å². The van der Waals surface area contributed by atoms with Crippen molar-refractivity contribution in [2.24, 2.45) is 0 Å². The first-order chi connectivity index (χ1) is 15.2. The number of carbonyl (C=O) groups is 2. The number of rotatable bonds is 5. The highest BCUT2D eigenvalue weighted by molar-refractivity contribution is 7.92. The van der Waals surface area contributed by atoms with Crippen molar-refractivity contribution in [2.45, 2.75) is 38.0 Å². The molecule has 0 saturated carbocycles. The number of fused-ring (bicyclic) bond motifs is 1. The number of amides is 2. The van der Waals surface area contributed by atoms with E-state index >= 15 is 0 Å². The Bertz CT molecular complexity index is 1270. The maximum atomic E-state index is 12.7. The number of nitrogens with one attached hydrogen (secondary N) is 3. The van der Waals surface area contributed by atoms with Crippen LogP contribution in [0.1, 0.15) is 48.0 Å². The molecule has 7 nitrogen and oxygen atoms in total. The molecule has 3 N–H and O–H groups in total. The number of carbonyl (C=O) groups excluding carboxylic acids is 2. The third kappa shape index (κ3) is 4.68. The van der Waals surface area contributed by atoms with Crippen LogP contribution in [-0.2, 0) is 22.9 Å². The van der Waals surface area contributed by atoms with Crippen molar-refractivity contribution in [2.75, 3.05) is 4.72 Å². The van der Waals surface area contributed by atoms with Crippen LogP contribution in [0.4, 0.5) is 5.69 Å². The van der Waals surface area contributed by atoms with Crippen molar-refractivity contribution in [3.05, 3.63) is 80.5 Å². The summed E-state index contributed by atoms with van der Waals surface area (Å²) in [6.45, 7) is 3.56. The van der Waals surface area contributed by atoms with Crippen molar-refractivity contribution in [3.8, 4) is 0 Å². The Kier molecular flexibility index (Phi) is 6.03. The highest BCUT2D eigenvalue weighted by atomic mass is 32.2. The molecule has 1 aliphatic carbocycles. The van der Waals surface area contributed by atoms with E-state index in [-0.39, 0.29) is 16.4 Å². The Balaban J connectivity index is 1.38. The highest BCUT2D eigenvalue weighted by Crippen LogP contribution is 2.30. The molecule has 3 aromatic rings. The van der Waals surface area contributed by atoms with Gasteiger partial charge in [0.05, 0.1) is 9.77 Å². The Morgan fingerprint density at radius 2 is 1.62 bits per heavy atom. The third-order valence-corrected chi connectivity index (χ3v) is 8.05. The first-order valence-electron chi connectivity index (χ1n) is 10.2. The molecule has 166 valence electrons. The van der Waals surface area contributed by atoms with E-state index in [1.807, 2.05) is 19.1 Å². The zero-order valence-electron chi connectivity index (χ0n) is 17.7. The van der Waals surface area contributed by atoms with Crippen molar-refractivity contribution >= 4 is 38.9 Å². The molecule has 1 aliphatic rings. The minimum absolute atomic E-state index is 0.210. The average Bonchev–Trinajstić information content (AvgIpc) is 3.36. The maximum Gasteiger partial charge on any atom is 0.279 e. The van der Waals surface area contributed by atoms with Crippen LogP contribution in [0.5, 0.6) is 0 Å². The molecular weight excluding hydrogens is 446 g/mol. The molecule has 0 aliphatic heterocycles. The molecular formula is C23H23N3O4S2. The number of benzene rings is 2. The number of anilines is 1. The lowest BCUT2D eigenvalue weighted by molar-refractivity contribution is 0.0849. The van der Waals surface area contributed by atoms with Crippen molar-refractivity contribution in [1.29, 1.82) is 0 Å². The van der Waals surface area contributed by atoms with Gasteiger partial charge in [-0.1, -0.05) is 12.1 Å². The fraction of sp³-hybridized carbons (Fsp3) is 0.217. The molecule has 0 fully saturated rings. The molecule has 0 unspecified atom stereocenters. The summed E-state index contributed by atoms with van der Waals surface area (Å²) in [7, 11) is -3.76. The van der Waals surface area contributed by atoms with E-state index in [0.29, 0.717) is 16.1 Å². The van der Waals surface area contributed by atoms with E-state index in [2.05, 4.69) is 15.6 Å². The minimum atomic E-state index is -3.76. The lowest BCUT2D eigenvalue weighted by atomic mass is 10.2. The van der Waals surface area contributed by atoms with E-state index in [1.165, 1.54) is 46.0 Å². The molecule has 1 heterocycles. The molecule has 1 aromatic heterocycles. The molecule has 0 radical (unpaired) electrons. The van der Waals surface area contributed by atoms with Crippen molar-refractivity contribution in [3.63, 3.8) is 0 Å². The number of thiophene rings is 1. The molecule has 0 bridgehead atoms. The molecule has 0 saturated heterocycles. The first-order valence-corrected chi connectivity index (χ1v) is 12.5. The fourth-order valence-electron chi connectivity index (χ4n) is 3.58. The van der Waals surface area contributed by atoms with Gasteiger partial charge in [-0.2, -0.15) is 0 Å². The fourth-order valence-corrected chi connectivity index (χ4v) is 6.12. The van der Waals surface area contributed by atoms with Gasteiger partial charge < -0.3 is 0 Å². The van der Waals surface area contributed by atoms with Gasteiger partial charge in [0.2, 0.25) is 0 Å². The van der Waals surface area contributed by atoms with E-state index < -0.39 is 15.9 Å². The normalized spacial score (nSPS) is 12.8. The van der Waals surface area contributed by atoms with Gasteiger partial charge >= 0.3 is 0 Å². The summed E-state index contributed by atoms with van der Waals surface area (Å²) < 4.78 is 28.0. The Labute approximate surface area is 190 Å². The van der Waals surface area contributed by atoms with Crippen LogP contribution in [0, 0.1) is 13.8 Å². The van der Waals surface area contributed by atoms with Crippen LogP contribution in [0.15, 0.2) is 53.4 Å². The number of hydrogen-bond donors (Lipinski definition) is 3. The topological polar surface area (TPSA) is 104 Å². The quantitative estimate of drug-likeness (QED) is 0.495. The van der Waals surface area contributed by atoms with E-state index in [0.717, 1.165) is 24.8 Å². The Hall–Kier alpha value is -3.17. The second-order valence-corrected chi connectivity index (χ2v) is 10.6. The maximum absolute atomic E-state index is 12.7. The van der Waals surface area contributed by atoms with Gasteiger partial charge in [0, 0.05) is 16.1 Å². The van der Waals surface area contributed by atoms with Gasteiger partial charge in [0.15, 0.2) is 0 Å². The lowest BCUT2D eigenvalue weighted by Gasteiger charge is -2.12. The van der Waals surface area contributed by atoms with Crippen LogP contribution < -0.4 is 15.6 Å². The average molecular weight is 470 g/mol. The molecule has 2 aromatic carbocycles. The minimum Gasteiger partial charge on any atom is -0.280 e. The van der Waals surface area contributed by atoms with E-state index in [4.69, 9.17) is 0 Å². The van der Waals surface area contributed by atoms with Gasteiger partial charge in [-0.25, -0.2) is 8.42 Å². The largest absolute Gasteiger partial charge is 0.280 e. The van der Waals surface area contributed by atoms with E-state index in [1.54, 1.807) is 19.1 Å². The summed E-state index contributed by atoms with van der Waals surface area (Å²) in [6.07, 6.45) is 3.11.